The van der Waals surface area contributed by atoms with Gasteiger partial charge in [-0.3, -0.25) is 4.79 Å². The van der Waals surface area contributed by atoms with Crippen molar-refractivity contribution >= 4 is 5.91 Å². The maximum Gasteiger partial charge on any atom is 0.391 e. The van der Waals surface area contributed by atoms with Gasteiger partial charge in [0, 0.05) is 12.5 Å². The van der Waals surface area contributed by atoms with Crippen LogP contribution in [-0.4, -0.2) is 18.1 Å². The molecule has 0 aliphatic heterocycles. The first-order chi connectivity index (χ1) is 6.93. The average Bonchev–Trinajstić information content (AvgIpc) is 2.17. The highest BCUT2D eigenvalue weighted by Gasteiger charge is 2.42. The summed E-state index contributed by atoms with van der Waals surface area (Å²) in [6.07, 6.45) is -2.35. The second-order valence-corrected chi connectivity index (χ2v) is 4.02. The largest absolute Gasteiger partial charge is 0.391 e. The van der Waals surface area contributed by atoms with Gasteiger partial charge in [0.2, 0.25) is 5.91 Å². The van der Waals surface area contributed by atoms with Crippen molar-refractivity contribution < 1.29 is 18.0 Å². The van der Waals surface area contributed by atoms with Crippen LogP contribution in [-0.2, 0) is 4.79 Å². The molecule has 2 nitrogen and oxygen atoms in total. The quantitative estimate of drug-likeness (QED) is 0.766. The molecule has 1 fully saturated rings. The molecule has 88 valence electrons. The van der Waals surface area contributed by atoms with Crippen LogP contribution < -0.4 is 5.32 Å². The van der Waals surface area contributed by atoms with Crippen LogP contribution >= 0.6 is 0 Å². The first-order valence-corrected chi connectivity index (χ1v) is 5.29. The Morgan fingerprint density at radius 3 is 2.60 bits per heavy atom. The van der Waals surface area contributed by atoms with Crippen LogP contribution in [0, 0.1) is 5.92 Å². The maximum atomic E-state index is 12.4. The van der Waals surface area contributed by atoms with E-state index in [4.69, 9.17) is 0 Å². The number of nitrogens with one attached hydrogen (secondary N) is 1. The summed E-state index contributed by atoms with van der Waals surface area (Å²) in [5.74, 6) is -1.41. The highest BCUT2D eigenvalue weighted by atomic mass is 19.4. The standard InChI is InChI=1S/C10H16F3NO/c1-2-9(15)14-8-5-3-4-7(6-8)10(11,12)13/h7-8H,2-6H2,1H3,(H,14,15). The topological polar surface area (TPSA) is 29.1 Å². The summed E-state index contributed by atoms with van der Waals surface area (Å²) in [5.41, 5.74) is 0. The molecule has 0 aromatic rings. The van der Waals surface area contributed by atoms with Crippen molar-refractivity contribution in [3.8, 4) is 0 Å². The molecule has 0 bridgehead atoms. The van der Waals surface area contributed by atoms with Crippen molar-refractivity contribution in [2.75, 3.05) is 0 Å². The molecular weight excluding hydrogens is 207 g/mol. The maximum absolute atomic E-state index is 12.4. The molecule has 1 aliphatic rings. The molecule has 1 N–H and O–H groups in total. The van der Waals surface area contributed by atoms with Crippen LogP contribution in [0.15, 0.2) is 0 Å². The van der Waals surface area contributed by atoms with Crippen LogP contribution in [0.1, 0.15) is 39.0 Å². The lowest BCUT2D eigenvalue weighted by Gasteiger charge is -2.30. The molecule has 0 saturated heterocycles. The van der Waals surface area contributed by atoms with E-state index in [1.165, 1.54) is 0 Å². The molecule has 1 amide bonds. The lowest BCUT2D eigenvalue weighted by molar-refractivity contribution is -0.184. The average molecular weight is 223 g/mol. The molecule has 5 heteroatoms. The summed E-state index contributed by atoms with van der Waals surface area (Å²) in [5, 5.41) is 2.63. The summed E-state index contributed by atoms with van der Waals surface area (Å²) in [4.78, 5) is 11.0. The van der Waals surface area contributed by atoms with Gasteiger partial charge in [0.25, 0.3) is 0 Å². The number of rotatable bonds is 2. The molecule has 0 aromatic carbocycles. The fraction of sp³-hybridized carbons (Fsp3) is 0.900. The van der Waals surface area contributed by atoms with Gasteiger partial charge in [-0.1, -0.05) is 13.3 Å². The van der Waals surface area contributed by atoms with Gasteiger partial charge in [-0.15, -0.1) is 0 Å². The highest BCUT2D eigenvalue weighted by Crippen LogP contribution is 2.37. The molecule has 0 aromatic heterocycles. The number of carbonyl (C=O) groups is 1. The highest BCUT2D eigenvalue weighted by molar-refractivity contribution is 5.75. The zero-order chi connectivity index (χ0) is 11.5. The fourth-order valence-electron chi connectivity index (χ4n) is 1.95. The Morgan fingerprint density at radius 2 is 2.07 bits per heavy atom. The number of hydrogen-bond donors (Lipinski definition) is 1. The summed E-state index contributed by atoms with van der Waals surface area (Å²) < 4.78 is 37.3. The van der Waals surface area contributed by atoms with Crippen LogP contribution in [0.3, 0.4) is 0 Å². The van der Waals surface area contributed by atoms with Gasteiger partial charge >= 0.3 is 6.18 Å². The second kappa shape index (κ2) is 4.86. The molecule has 0 radical (unpaired) electrons. The van der Waals surface area contributed by atoms with Crippen molar-refractivity contribution in [1.82, 2.24) is 5.32 Å². The third-order valence-corrected chi connectivity index (χ3v) is 2.82. The normalized spacial score (nSPS) is 27.5. The molecule has 0 heterocycles. The Bertz CT molecular complexity index is 227. The first kappa shape index (κ1) is 12.3. The Hall–Kier alpha value is -0.740. The van der Waals surface area contributed by atoms with Crippen molar-refractivity contribution in [2.45, 2.75) is 51.2 Å². The molecular formula is C10H16F3NO. The Balaban J connectivity index is 2.46. The van der Waals surface area contributed by atoms with E-state index in [-0.39, 0.29) is 24.8 Å². The number of halogens is 3. The van der Waals surface area contributed by atoms with E-state index in [1.54, 1.807) is 6.92 Å². The van der Waals surface area contributed by atoms with Gasteiger partial charge < -0.3 is 5.32 Å². The molecule has 0 spiro atoms. The number of hydrogen-bond acceptors (Lipinski definition) is 1. The summed E-state index contributed by atoms with van der Waals surface area (Å²) >= 11 is 0. The predicted octanol–water partition coefficient (Wildman–Crippen LogP) is 2.63. The van der Waals surface area contributed by atoms with E-state index in [0.29, 0.717) is 19.3 Å². The van der Waals surface area contributed by atoms with Gasteiger partial charge in [0.05, 0.1) is 5.92 Å². The molecule has 1 saturated carbocycles. The van der Waals surface area contributed by atoms with Gasteiger partial charge in [-0.25, -0.2) is 0 Å². The third-order valence-electron chi connectivity index (χ3n) is 2.82. The lowest BCUT2D eigenvalue weighted by Crippen LogP contribution is -2.41. The molecule has 1 aliphatic carbocycles. The van der Waals surface area contributed by atoms with E-state index in [2.05, 4.69) is 5.32 Å². The van der Waals surface area contributed by atoms with Gasteiger partial charge in [-0.2, -0.15) is 13.2 Å². The van der Waals surface area contributed by atoms with E-state index in [1.807, 2.05) is 0 Å². The first-order valence-electron chi connectivity index (χ1n) is 5.29. The van der Waals surface area contributed by atoms with E-state index in [0.717, 1.165) is 0 Å². The monoisotopic (exact) mass is 223 g/mol. The Labute approximate surface area is 87.2 Å². The predicted molar refractivity (Wildman–Crippen MR) is 50.2 cm³/mol. The zero-order valence-corrected chi connectivity index (χ0v) is 8.73. The Kier molecular flexibility index (Phi) is 3.99. The van der Waals surface area contributed by atoms with Crippen molar-refractivity contribution in [3.05, 3.63) is 0 Å². The van der Waals surface area contributed by atoms with Crippen molar-refractivity contribution in [3.63, 3.8) is 0 Å². The lowest BCUT2D eigenvalue weighted by atomic mass is 9.85. The van der Waals surface area contributed by atoms with E-state index in [9.17, 15) is 18.0 Å². The number of carbonyl (C=O) groups excluding carboxylic acids is 1. The molecule has 15 heavy (non-hydrogen) atoms. The van der Waals surface area contributed by atoms with Crippen LogP contribution in [0.4, 0.5) is 13.2 Å². The van der Waals surface area contributed by atoms with Crippen LogP contribution in [0.5, 0.6) is 0 Å². The summed E-state index contributed by atoms with van der Waals surface area (Å²) in [7, 11) is 0. The van der Waals surface area contributed by atoms with Gasteiger partial charge in [0.1, 0.15) is 0 Å². The number of amides is 1. The Morgan fingerprint density at radius 1 is 1.40 bits per heavy atom. The van der Waals surface area contributed by atoms with Gasteiger partial charge in [0.15, 0.2) is 0 Å². The van der Waals surface area contributed by atoms with E-state index < -0.39 is 12.1 Å². The molecule has 2 atom stereocenters. The summed E-state index contributed by atoms with van der Waals surface area (Å²) in [6.45, 7) is 1.69. The fourth-order valence-corrected chi connectivity index (χ4v) is 1.95. The molecule has 2 unspecified atom stereocenters. The SMILES string of the molecule is CCC(=O)NC1CCCC(C(F)(F)F)C1. The summed E-state index contributed by atoms with van der Waals surface area (Å²) in [6, 6.07) is -0.294. The van der Waals surface area contributed by atoms with E-state index >= 15 is 0 Å². The second-order valence-electron chi connectivity index (χ2n) is 4.02. The van der Waals surface area contributed by atoms with Crippen LogP contribution in [0.2, 0.25) is 0 Å². The smallest absolute Gasteiger partial charge is 0.353 e. The minimum atomic E-state index is -4.12. The zero-order valence-electron chi connectivity index (χ0n) is 8.73. The van der Waals surface area contributed by atoms with Crippen molar-refractivity contribution in [1.29, 1.82) is 0 Å². The minimum Gasteiger partial charge on any atom is -0.353 e. The molecule has 1 rings (SSSR count). The van der Waals surface area contributed by atoms with Gasteiger partial charge in [-0.05, 0) is 19.3 Å². The van der Waals surface area contributed by atoms with Crippen molar-refractivity contribution in [2.24, 2.45) is 5.92 Å². The number of alkyl halides is 3. The van der Waals surface area contributed by atoms with Crippen LogP contribution in [0.25, 0.3) is 0 Å². The minimum absolute atomic E-state index is 0.0369. The third kappa shape index (κ3) is 3.72.